The average Bonchev–Trinajstić information content (AvgIpc) is 3.25. The van der Waals surface area contributed by atoms with Crippen molar-refractivity contribution >= 4 is 22.2 Å². The number of aliphatic hydroxyl groups excluding tert-OH is 1. The first-order valence-corrected chi connectivity index (χ1v) is 8.95. The molecule has 1 aliphatic heterocycles. The Kier molecular flexibility index (Phi) is 3.80. The predicted octanol–water partition coefficient (Wildman–Crippen LogP) is 1.67. The van der Waals surface area contributed by atoms with Crippen LogP contribution < -0.4 is 5.69 Å². The molecule has 4 aromatic rings. The molecule has 1 saturated heterocycles. The number of H-pyrrole nitrogens is 2. The standard InChI is InChI=1S/C19H19N5O3/c25-15-3-11(9-27-10-15)8-24-16-5-14(7-22-18(16)23-19(24)26)13-4-12-1-2-20-17(12)21-6-13/h1-2,4-7,11,15,25H,3,8-10H2,(H,20,21)(H,22,23,26)/t11-,15-/m0/s1. The number of rotatable bonds is 3. The lowest BCUT2D eigenvalue weighted by atomic mass is 10.0. The maximum absolute atomic E-state index is 12.4. The largest absolute Gasteiger partial charge is 0.391 e. The van der Waals surface area contributed by atoms with Crippen LogP contribution in [-0.2, 0) is 11.3 Å². The minimum absolute atomic E-state index is 0.0898. The number of nitrogens with zero attached hydrogens (tertiary/aromatic N) is 3. The Morgan fingerprint density at radius 1 is 1.19 bits per heavy atom. The number of aromatic nitrogens is 5. The van der Waals surface area contributed by atoms with Crippen LogP contribution in [0.1, 0.15) is 6.42 Å². The molecule has 5 heterocycles. The molecule has 0 aliphatic carbocycles. The summed E-state index contributed by atoms with van der Waals surface area (Å²) in [7, 11) is 0. The number of hydrogen-bond acceptors (Lipinski definition) is 5. The van der Waals surface area contributed by atoms with Crippen LogP contribution in [0.2, 0.25) is 0 Å². The van der Waals surface area contributed by atoms with Gasteiger partial charge in [-0.3, -0.25) is 9.55 Å². The summed E-state index contributed by atoms with van der Waals surface area (Å²) in [6, 6.07) is 5.97. The first-order chi connectivity index (χ1) is 13.2. The quantitative estimate of drug-likeness (QED) is 0.512. The molecule has 0 amide bonds. The van der Waals surface area contributed by atoms with E-state index in [9.17, 15) is 9.90 Å². The number of aliphatic hydroxyl groups is 1. The van der Waals surface area contributed by atoms with Gasteiger partial charge in [0.2, 0.25) is 0 Å². The smallest absolute Gasteiger partial charge is 0.327 e. The van der Waals surface area contributed by atoms with E-state index in [-0.39, 0.29) is 11.6 Å². The second kappa shape index (κ2) is 6.33. The van der Waals surface area contributed by atoms with E-state index < -0.39 is 6.10 Å². The molecule has 4 aromatic heterocycles. The maximum atomic E-state index is 12.4. The molecule has 138 valence electrons. The van der Waals surface area contributed by atoms with E-state index in [1.54, 1.807) is 17.0 Å². The van der Waals surface area contributed by atoms with Crippen LogP contribution in [0.3, 0.4) is 0 Å². The van der Waals surface area contributed by atoms with Gasteiger partial charge in [-0.2, -0.15) is 0 Å². The Bertz CT molecular complexity index is 1170. The first kappa shape index (κ1) is 16.2. The van der Waals surface area contributed by atoms with E-state index in [0.717, 1.165) is 27.7 Å². The molecular formula is C19H19N5O3. The second-order valence-corrected chi connectivity index (χ2v) is 7.06. The number of nitrogens with one attached hydrogen (secondary N) is 2. The van der Waals surface area contributed by atoms with E-state index >= 15 is 0 Å². The van der Waals surface area contributed by atoms with Crippen LogP contribution in [-0.4, -0.2) is 48.9 Å². The fourth-order valence-electron chi connectivity index (χ4n) is 3.75. The van der Waals surface area contributed by atoms with Crippen LogP contribution in [0.4, 0.5) is 0 Å². The molecule has 0 radical (unpaired) electrons. The van der Waals surface area contributed by atoms with Crippen molar-refractivity contribution in [1.82, 2.24) is 24.5 Å². The number of hydrogen-bond donors (Lipinski definition) is 3. The topological polar surface area (TPSA) is 109 Å². The zero-order valence-electron chi connectivity index (χ0n) is 14.6. The lowest BCUT2D eigenvalue weighted by Gasteiger charge is -2.26. The van der Waals surface area contributed by atoms with Gasteiger partial charge in [-0.05, 0) is 24.6 Å². The summed E-state index contributed by atoms with van der Waals surface area (Å²) in [5.41, 5.74) is 3.76. The van der Waals surface area contributed by atoms with E-state index in [1.807, 2.05) is 24.4 Å². The van der Waals surface area contributed by atoms with Gasteiger partial charge in [-0.25, -0.2) is 14.8 Å². The van der Waals surface area contributed by atoms with Crippen molar-refractivity contribution in [2.75, 3.05) is 13.2 Å². The average molecular weight is 365 g/mol. The summed E-state index contributed by atoms with van der Waals surface area (Å²) < 4.78 is 7.10. The molecule has 2 atom stereocenters. The molecule has 0 bridgehead atoms. The Hall–Kier alpha value is -2.97. The van der Waals surface area contributed by atoms with Crippen molar-refractivity contribution in [2.45, 2.75) is 19.1 Å². The first-order valence-electron chi connectivity index (χ1n) is 8.95. The highest BCUT2D eigenvalue weighted by Gasteiger charge is 2.23. The Morgan fingerprint density at radius 2 is 2.00 bits per heavy atom. The summed E-state index contributed by atoms with van der Waals surface area (Å²) in [5, 5.41) is 10.8. The van der Waals surface area contributed by atoms with Gasteiger partial charge in [0, 0.05) is 47.6 Å². The van der Waals surface area contributed by atoms with Gasteiger partial charge in [0.15, 0.2) is 5.65 Å². The van der Waals surface area contributed by atoms with E-state index in [1.165, 1.54) is 0 Å². The third-order valence-electron chi connectivity index (χ3n) is 5.07. The molecule has 1 aliphatic rings. The Labute approximate surface area is 153 Å². The molecule has 8 nitrogen and oxygen atoms in total. The van der Waals surface area contributed by atoms with Crippen LogP contribution in [0.25, 0.3) is 33.3 Å². The third kappa shape index (κ3) is 2.92. The molecule has 0 saturated carbocycles. The van der Waals surface area contributed by atoms with Crippen molar-refractivity contribution < 1.29 is 9.84 Å². The second-order valence-electron chi connectivity index (χ2n) is 7.06. The number of aromatic amines is 2. The summed E-state index contributed by atoms with van der Waals surface area (Å²) in [6.45, 7) is 1.38. The van der Waals surface area contributed by atoms with E-state index in [0.29, 0.717) is 31.8 Å². The van der Waals surface area contributed by atoms with Crippen molar-refractivity contribution in [3.8, 4) is 11.1 Å². The lowest BCUT2D eigenvalue weighted by molar-refractivity contribution is -0.0396. The number of fused-ring (bicyclic) bond motifs is 2. The van der Waals surface area contributed by atoms with Crippen LogP contribution in [0.5, 0.6) is 0 Å². The molecule has 8 heteroatoms. The zero-order valence-corrected chi connectivity index (χ0v) is 14.6. The van der Waals surface area contributed by atoms with E-state index in [2.05, 4.69) is 19.9 Å². The van der Waals surface area contributed by atoms with Crippen molar-refractivity contribution in [2.24, 2.45) is 5.92 Å². The summed E-state index contributed by atoms with van der Waals surface area (Å²) in [5.74, 6) is 0.0898. The normalized spacial score (nSPS) is 20.5. The zero-order chi connectivity index (χ0) is 18.4. The van der Waals surface area contributed by atoms with Gasteiger partial charge in [0.1, 0.15) is 5.65 Å². The van der Waals surface area contributed by atoms with Gasteiger partial charge in [0.25, 0.3) is 0 Å². The number of imidazole rings is 1. The van der Waals surface area contributed by atoms with Crippen molar-refractivity contribution in [1.29, 1.82) is 0 Å². The van der Waals surface area contributed by atoms with Crippen LogP contribution in [0, 0.1) is 5.92 Å². The lowest BCUT2D eigenvalue weighted by Crippen LogP contribution is -2.33. The van der Waals surface area contributed by atoms with Gasteiger partial charge in [-0.15, -0.1) is 0 Å². The van der Waals surface area contributed by atoms with Gasteiger partial charge < -0.3 is 14.8 Å². The fourth-order valence-corrected chi connectivity index (χ4v) is 3.75. The monoisotopic (exact) mass is 365 g/mol. The highest BCUT2D eigenvalue weighted by Crippen LogP contribution is 2.25. The van der Waals surface area contributed by atoms with Crippen molar-refractivity contribution in [3.63, 3.8) is 0 Å². The maximum Gasteiger partial charge on any atom is 0.327 e. The fraction of sp³-hybridized carbons (Fsp3) is 0.316. The summed E-state index contributed by atoms with van der Waals surface area (Å²) in [4.78, 5) is 27.2. The Morgan fingerprint density at radius 3 is 2.85 bits per heavy atom. The third-order valence-corrected chi connectivity index (χ3v) is 5.07. The Balaban J connectivity index is 1.55. The molecule has 1 fully saturated rings. The predicted molar refractivity (Wildman–Crippen MR) is 100 cm³/mol. The highest BCUT2D eigenvalue weighted by atomic mass is 16.5. The minimum atomic E-state index is -0.475. The molecule has 0 aromatic carbocycles. The minimum Gasteiger partial charge on any atom is -0.391 e. The van der Waals surface area contributed by atoms with Gasteiger partial charge in [0.05, 0.1) is 24.8 Å². The highest BCUT2D eigenvalue weighted by molar-refractivity contribution is 5.84. The van der Waals surface area contributed by atoms with Crippen LogP contribution >= 0.6 is 0 Å². The number of pyridine rings is 2. The van der Waals surface area contributed by atoms with Gasteiger partial charge in [-0.1, -0.05) is 0 Å². The number of ether oxygens (including phenoxy) is 1. The van der Waals surface area contributed by atoms with Crippen molar-refractivity contribution in [3.05, 3.63) is 47.3 Å². The molecular weight excluding hydrogens is 346 g/mol. The molecule has 3 N–H and O–H groups in total. The summed E-state index contributed by atoms with van der Waals surface area (Å²) in [6.07, 6.45) is 5.54. The molecule has 0 unspecified atom stereocenters. The summed E-state index contributed by atoms with van der Waals surface area (Å²) >= 11 is 0. The SMILES string of the molecule is O=c1[nH]c2ncc(-c3cnc4[nH]ccc4c3)cc2n1C[C@H]1COC[C@@H](O)C1. The van der Waals surface area contributed by atoms with Crippen LogP contribution in [0.15, 0.2) is 41.6 Å². The molecule has 0 spiro atoms. The molecule has 5 rings (SSSR count). The van der Waals surface area contributed by atoms with E-state index in [4.69, 9.17) is 4.74 Å². The molecule has 27 heavy (non-hydrogen) atoms. The van der Waals surface area contributed by atoms with Gasteiger partial charge >= 0.3 is 5.69 Å².